The Kier molecular flexibility index (Phi) is 7.07. The zero-order valence-corrected chi connectivity index (χ0v) is 22.4. The number of allylic oxidation sites excluding steroid dienone is 1. The molecule has 1 fully saturated rings. The van der Waals surface area contributed by atoms with Crippen molar-refractivity contribution in [1.82, 2.24) is 14.7 Å². The van der Waals surface area contributed by atoms with Crippen molar-refractivity contribution in [3.05, 3.63) is 86.9 Å². The largest absolute Gasteiger partial charge is 0.480 e. The molecule has 5 rings (SSSR count). The zero-order chi connectivity index (χ0) is 27.1. The molecule has 3 heterocycles. The fourth-order valence-electron chi connectivity index (χ4n) is 5.15. The maximum absolute atomic E-state index is 14.2. The molecule has 1 amide bonds. The lowest BCUT2D eigenvalue weighted by Crippen LogP contribution is -2.51. The Morgan fingerprint density at radius 3 is 2.39 bits per heavy atom. The number of hydrogen-bond acceptors (Lipinski definition) is 5. The first-order chi connectivity index (χ1) is 18.2. The Balaban J connectivity index is 1.54. The molecule has 2 aliphatic rings. The molecule has 1 N–H and O–H groups in total. The molecule has 1 saturated heterocycles. The van der Waals surface area contributed by atoms with Crippen LogP contribution in [0.5, 0.6) is 0 Å². The van der Waals surface area contributed by atoms with Crippen LogP contribution in [0.1, 0.15) is 24.2 Å². The normalized spacial score (nSPS) is 17.6. The van der Waals surface area contributed by atoms with Crippen molar-refractivity contribution in [1.29, 1.82) is 0 Å². The van der Waals surface area contributed by atoms with Gasteiger partial charge in [-0.2, -0.15) is 5.10 Å². The van der Waals surface area contributed by atoms with Gasteiger partial charge in [0.05, 0.1) is 21.3 Å². The van der Waals surface area contributed by atoms with Gasteiger partial charge in [-0.3, -0.25) is 9.59 Å². The molecule has 0 spiro atoms. The van der Waals surface area contributed by atoms with Gasteiger partial charge in [-0.15, -0.1) is 0 Å². The van der Waals surface area contributed by atoms with Crippen molar-refractivity contribution < 1.29 is 19.1 Å². The Bertz CT molecular complexity index is 1430. The van der Waals surface area contributed by atoms with Crippen molar-refractivity contribution in [2.75, 3.05) is 42.5 Å². The lowest BCUT2D eigenvalue weighted by atomic mass is 9.93. The number of aromatic nitrogens is 2. The maximum Gasteiger partial charge on any atom is 0.323 e. The van der Waals surface area contributed by atoms with Gasteiger partial charge in [-0.25, -0.2) is 9.07 Å². The first-order valence-corrected chi connectivity index (χ1v) is 12.9. The fraction of sp³-hybridized carbons (Fsp3) is 0.296. The number of nitrogens with zero attached hydrogens (tertiary/aromatic N) is 5. The number of benzene rings is 2. The molecule has 0 saturated carbocycles. The number of piperazine rings is 1. The van der Waals surface area contributed by atoms with Crippen LogP contribution >= 0.6 is 23.2 Å². The Hall–Kier alpha value is -3.56. The van der Waals surface area contributed by atoms with Crippen molar-refractivity contribution in [2.45, 2.75) is 19.9 Å². The summed E-state index contributed by atoms with van der Waals surface area (Å²) >= 11 is 13.0. The lowest BCUT2D eigenvalue weighted by Gasteiger charge is -2.40. The summed E-state index contributed by atoms with van der Waals surface area (Å²) in [6.07, 6.45) is 0. The lowest BCUT2D eigenvalue weighted by molar-refractivity contribution is -0.135. The van der Waals surface area contributed by atoms with Crippen LogP contribution in [0.4, 0.5) is 15.9 Å². The van der Waals surface area contributed by atoms with Gasteiger partial charge in [-0.05, 0) is 44.2 Å². The van der Waals surface area contributed by atoms with Crippen LogP contribution < -0.4 is 9.80 Å². The number of anilines is 2. The van der Waals surface area contributed by atoms with Crippen LogP contribution in [-0.2, 0) is 9.59 Å². The fourth-order valence-corrected chi connectivity index (χ4v) is 5.56. The summed E-state index contributed by atoms with van der Waals surface area (Å²) in [6, 6.07) is 12.6. The average Bonchev–Trinajstić information content (AvgIpc) is 3.28. The number of amides is 1. The molecule has 0 radical (unpaired) electrons. The minimum absolute atomic E-state index is 0.225. The molecule has 8 nitrogen and oxygen atoms in total. The highest BCUT2D eigenvalue weighted by Crippen LogP contribution is 2.43. The predicted molar refractivity (Wildman–Crippen MR) is 144 cm³/mol. The van der Waals surface area contributed by atoms with Gasteiger partial charge < -0.3 is 19.8 Å². The van der Waals surface area contributed by atoms with Crippen LogP contribution in [-0.4, -0.2) is 64.4 Å². The average molecular weight is 558 g/mol. The molecule has 1 atom stereocenters. The third-order valence-corrected chi connectivity index (χ3v) is 7.82. The Labute approximate surface area is 229 Å². The van der Waals surface area contributed by atoms with Crippen molar-refractivity contribution in [3.8, 4) is 0 Å². The second-order valence-electron chi connectivity index (χ2n) is 9.37. The number of aliphatic carboxylic acids is 1. The van der Waals surface area contributed by atoms with Gasteiger partial charge in [0.2, 0.25) is 0 Å². The summed E-state index contributed by atoms with van der Waals surface area (Å²) in [7, 11) is 0. The van der Waals surface area contributed by atoms with E-state index in [2.05, 4.69) is 10.00 Å². The van der Waals surface area contributed by atoms with Gasteiger partial charge in [-0.1, -0.05) is 35.3 Å². The number of carbonyl (C=O) groups excluding carboxylic acids is 1. The highest BCUT2D eigenvalue weighted by Gasteiger charge is 2.40. The summed E-state index contributed by atoms with van der Waals surface area (Å²) in [4.78, 5) is 31.4. The van der Waals surface area contributed by atoms with Crippen molar-refractivity contribution in [3.63, 3.8) is 0 Å². The molecule has 2 aliphatic heterocycles. The van der Waals surface area contributed by atoms with Crippen molar-refractivity contribution >= 4 is 46.6 Å². The molecular weight excluding hydrogens is 532 g/mol. The van der Waals surface area contributed by atoms with Crippen molar-refractivity contribution in [2.24, 2.45) is 0 Å². The summed E-state index contributed by atoms with van der Waals surface area (Å²) in [5.74, 6) is -1.00. The maximum atomic E-state index is 14.2. The van der Waals surface area contributed by atoms with E-state index in [1.54, 1.807) is 57.8 Å². The molecule has 198 valence electrons. The van der Waals surface area contributed by atoms with E-state index < -0.39 is 12.0 Å². The monoisotopic (exact) mass is 557 g/mol. The quantitative estimate of drug-likeness (QED) is 0.487. The standard InChI is InChI=1S/C27H26Cl2FN5O3/c1-16-14-22-34(15-23(36)37)17(2)24(26(35(22)31-16)20-4-3-5-21(28)25(20)29)27(38)33-12-10-32(11-13-33)19-8-6-18(30)7-9-19/h3-9,14,26H,10-13,15H2,1-2H3,(H,36,37). The summed E-state index contributed by atoms with van der Waals surface area (Å²) < 4.78 is 15.0. The number of halogens is 3. The van der Waals surface area contributed by atoms with E-state index in [-0.39, 0.29) is 18.3 Å². The first-order valence-electron chi connectivity index (χ1n) is 12.2. The zero-order valence-electron chi connectivity index (χ0n) is 20.9. The van der Waals surface area contributed by atoms with E-state index in [1.165, 1.54) is 12.1 Å². The molecule has 11 heteroatoms. The van der Waals surface area contributed by atoms with Crippen LogP contribution in [0.25, 0.3) is 0 Å². The number of carboxylic acid groups (broad SMARTS) is 1. The molecule has 3 aromatic rings. The van der Waals surface area contributed by atoms with E-state index in [1.807, 2.05) is 6.92 Å². The number of carboxylic acids is 1. The van der Waals surface area contributed by atoms with Gasteiger partial charge in [0, 0.05) is 49.2 Å². The summed E-state index contributed by atoms with van der Waals surface area (Å²) in [5.41, 5.74) is 3.08. The molecule has 0 bridgehead atoms. The van der Waals surface area contributed by atoms with Gasteiger partial charge in [0.25, 0.3) is 5.91 Å². The number of carbonyl (C=O) groups is 2. The molecule has 38 heavy (non-hydrogen) atoms. The van der Waals surface area contributed by atoms with E-state index in [4.69, 9.17) is 23.2 Å². The van der Waals surface area contributed by atoms with Crippen LogP contribution in [0.2, 0.25) is 10.0 Å². The molecule has 2 aromatic carbocycles. The van der Waals surface area contributed by atoms with Gasteiger partial charge in [0.15, 0.2) is 0 Å². The SMILES string of the molecule is CC1=C(C(=O)N2CCN(c3ccc(F)cc3)CC2)C(c2cccc(Cl)c2Cl)n2nc(C)cc2N1CC(=O)O. The minimum atomic E-state index is -1.03. The topological polar surface area (TPSA) is 81.9 Å². The Morgan fingerprint density at radius 2 is 1.74 bits per heavy atom. The number of hydrogen-bond donors (Lipinski definition) is 1. The number of fused-ring (bicyclic) bond motifs is 1. The number of rotatable bonds is 5. The predicted octanol–water partition coefficient (Wildman–Crippen LogP) is 4.75. The minimum Gasteiger partial charge on any atom is -0.480 e. The van der Waals surface area contributed by atoms with Crippen LogP contribution in [0.3, 0.4) is 0 Å². The van der Waals surface area contributed by atoms with Gasteiger partial charge >= 0.3 is 5.97 Å². The molecular formula is C27H26Cl2FN5O3. The third kappa shape index (κ3) is 4.72. The molecule has 1 aromatic heterocycles. The Morgan fingerprint density at radius 1 is 1.05 bits per heavy atom. The van der Waals surface area contributed by atoms with E-state index in [9.17, 15) is 19.1 Å². The first kappa shape index (κ1) is 26.1. The second kappa shape index (κ2) is 10.3. The summed E-state index contributed by atoms with van der Waals surface area (Å²) in [5, 5.41) is 15.0. The third-order valence-electron chi connectivity index (χ3n) is 6.99. The van der Waals surface area contributed by atoms with E-state index in [0.29, 0.717) is 64.6 Å². The number of aryl methyl sites for hydroxylation is 1. The highest BCUT2D eigenvalue weighted by atomic mass is 35.5. The summed E-state index contributed by atoms with van der Waals surface area (Å²) in [6.45, 7) is 5.24. The van der Waals surface area contributed by atoms with Gasteiger partial charge in [0.1, 0.15) is 24.2 Å². The smallest absolute Gasteiger partial charge is 0.323 e. The van der Waals surface area contributed by atoms with Crippen LogP contribution in [0, 0.1) is 12.7 Å². The highest BCUT2D eigenvalue weighted by molar-refractivity contribution is 6.42. The van der Waals surface area contributed by atoms with E-state index in [0.717, 1.165) is 5.69 Å². The molecule has 0 aliphatic carbocycles. The van der Waals surface area contributed by atoms with Crippen LogP contribution in [0.15, 0.2) is 59.8 Å². The second-order valence-corrected chi connectivity index (χ2v) is 10.2. The van der Waals surface area contributed by atoms with E-state index >= 15 is 0 Å². The molecule has 1 unspecified atom stereocenters.